The summed E-state index contributed by atoms with van der Waals surface area (Å²) in [7, 11) is -4.57. The van der Waals surface area contributed by atoms with Crippen LogP contribution in [0.5, 0.6) is 0 Å². The summed E-state index contributed by atoms with van der Waals surface area (Å²) in [5.41, 5.74) is 4.21. The van der Waals surface area contributed by atoms with Crippen LogP contribution in [-0.4, -0.2) is 25.7 Å². The fraction of sp³-hybridized carbons (Fsp3) is 0.0952. The third-order valence-corrected chi connectivity index (χ3v) is 5.93. The standard InChI is InChI=1S/C21H16ClNO5S/c22-13-9-10-19(20(11-13)29(25,26)27)23-21(24)28-12-18-16-7-3-1-5-14(16)15-6-2-4-8-17(15)18/h1-11,18H,12H2,(H,23,24)(H,25,26,27). The van der Waals surface area contributed by atoms with Crippen molar-refractivity contribution in [1.82, 2.24) is 0 Å². The van der Waals surface area contributed by atoms with Crippen molar-refractivity contribution in [2.45, 2.75) is 10.8 Å². The first-order valence-electron chi connectivity index (χ1n) is 8.73. The van der Waals surface area contributed by atoms with Crippen LogP contribution in [0.25, 0.3) is 11.1 Å². The maximum absolute atomic E-state index is 12.3. The van der Waals surface area contributed by atoms with Crippen LogP contribution >= 0.6 is 11.6 Å². The van der Waals surface area contributed by atoms with Gasteiger partial charge in [0.25, 0.3) is 10.1 Å². The van der Waals surface area contributed by atoms with Gasteiger partial charge in [0.2, 0.25) is 0 Å². The minimum atomic E-state index is -4.57. The van der Waals surface area contributed by atoms with E-state index in [-0.39, 0.29) is 23.2 Å². The lowest BCUT2D eigenvalue weighted by atomic mass is 9.98. The van der Waals surface area contributed by atoms with E-state index in [9.17, 15) is 17.8 Å². The van der Waals surface area contributed by atoms with E-state index in [1.54, 1.807) is 0 Å². The summed E-state index contributed by atoms with van der Waals surface area (Å²) in [5.74, 6) is -0.126. The van der Waals surface area contributed by atoms with E-state index in [0.717, 1.165) is 28.3 Å². The van der Waals surface area contributed by atoms with Crippen LogP contribution < -0.4 is 5.32 Å². The van der Waals surface area contributed by atoms with E-state index in [1.807, 2.05) is 48.5 Å². The third-order valence-electron chi connectivity index (χ3n) is 4.80. The summed E-state index contributed by atoms with van der Waals surface area (Å²) in [6, 6.07) is 19.6. The molecule has 0 atom stereocenters. The minimum Gasteiger partial charge on any atom is -0.448 e. The quantitative estimate of drug-likeness (QED) is 0.572. The van der Waals surface area contributed by atoms with Gasteiger partial charge in [0.15, 0.2) is 0 Å². The van der Waals surface area contributed by atoms with Crippen LogP contribution in [0.3, 0.4) is 0 Å². The highest BCUT2D eigenvalue weighted by Crippen LogP contribution is 2.44. The number of hydrogen-bond donors (Lipinski definition) is 2. The zero-order chi connectivity index (χ0) is 20.6. The monoisotopic (exact) mass is 429 g/mol. The average Bonchev–Trinajstić information content (AvgIpc) is 3.01. The molecule has 1 amide bonds. The maximum atomic E-state index is 12.3. The second kappa shape index (κ2) is 7.51. The molecule has 1 aliphatic carbocycles. The number of carbonyl (C=O) groups is 1. The number of halogens is 1. The lowest BCUT2D eigenvalue weighted by Gasteiger charge is -2.15. The van der Waals surface area contributed by atoms with E-state index in [2.05, 4.69) is 5.32 Å². The van der Waals surface area contributed by atoms with Crippen LogP contribution in [-0.2, 0) is 14.9 Å². The molecule has 0 unspecified atom stereocenters. The lowest BCUT2D eigenvalue weighted by Crippen LogP contribution is -2.19. The molecule has 0 saturated heterocycles. The van der Waals surface area contributed by atoms with Gasteiger partial charge in [-0.15, -0.1) is 0 Å². The van der Waals surface area contributed by atoms with Gasteiger partial charge in [0.05, 0.1) is 5.69 Å². The van der Waals surface area contributed by atoms with Gasteiger partial charge in [-0.1, -0.05) is 60.1 Å². The largest absolute Gasteiger partial charge is 0.448 e. The van der Waals surface area contributed by atoms with Crippen LogP contribution in [0.4, 0.5) is 10.5 Å². The van der Waals surface area contributed by atoms with Crippen molar-refractivity contribution < 1.29 is 22.5 Å². The van der Waals surface area contributed by atoms with Gasteiger partial charge < -0.3 is 4.74 Å². The highest BCUT2D eigenvalue weighted by molar-refractivity contribution is 7.86. The molecule has 0 spiro atoms. The van der Waals surface area contributed by atoms with Crippen molar-refractivity contribution in [1.29, 1.82) is 0 Å². The maximum Gasteiger partial charge on any atom is 0.411 e. The average molecular weight is 430 g/mol. The molecular formula is C21H16ClNO5S. The third kappa shape index (κ3) is 3.85. The van der Waals surface area contributed by atoms with Gasteiger partial charge >= 0.3 is 6.09 Å². The number of anilines is 1. The summed E-state index contributed by atoms with van der Waals surface area (Å²) in [6.07, 6.45) is -0.834. The molecule has 1 aliphatic rings. The first-order chi connectivity index (χ1) is 13.8. The number of ether oxygens (including phenoxy) is 1. The zero-order valence-corrected chi connectivity index (χ0v) is 16.6. The fourth-order valence-corrected chi connectivity index (χ4v) is 4.47. The van der Waals surface area contributed by atoms with Crippen molar-refractivity contribution in [3.8, 4) is 11.1 Å². The van der Waals surface area contributed by atoms with Gasteiger partial charge in [-0.05, 0) is 40.5 Å². The van der Waals surface area contributed by atoms with E-state index < -0.39 is 21.1 Å². The Hall–Kier alpha value is -2.87. The SMILES string of the molecule is O=C(Nc1ccc(Cl)cc1S(=O)(=O)O)OCC1c2ccccc2-c2ccccc21. The Morgan fingerprint density at radius 1 is 1.00 bits per heavy atom. The van der Waals surface area contributed by atoms with Gasteiger partial charge in [-0.3, -0.25) is 9.87 Å². The molecule has 0 radical (unpaired) electrons. The topological polar surface area (TPSA) is 92.7 Å². The predicted octanol–water partition coefficient (Wildman–Crippen LogP) is 4.95. The normalized spacial score (nSPS) is 12.9. The van der Waals surface area contributed by atoms with Gasteiger partial charge in [-0.2, -0.15) is 8.42 Å². The summed E-state index contributed by atoms with van der Waals surface area (Å²) in [4.78, 5) is 11.8. The van der Waals surface area contributed by atoms with E-state index in [0.29, 0.717) is 0 Å². The summed E-state index contributed by atoms with van der Waals surface area (Å²) in [5, 5.41) is 2.46. The molecule has 0 heterocycles. The number of amides is 1. The molecule has 29 heavy (non-hydrogen) atoms. The molecule has 148 valence electrons. The van der Waals surface area contributed by atoms with Crippen molar-refractivity contribution in [2.24, 2.45) is 0 Å². The summed E-state index contributed by atoms with van der Waals surface area (Å²) >= 11 is 5.78. The molecule has 0 fully saturated rings. The van der Waals surface area contributed by atoms with Gasteiger partial charge in [0, 0.05) is 10.9 Å². The van der Waals surface area contributed by atoms with E-state index in [1.165, 1.54) is 12.1 Å². The number of nitrogens with one attached hydrogen (secondary N) is 1. The highest BCUT2D eigenvalue weighted by Gasteiger charge is 2.29. The summed E-state index contributed by atoms with van der Waals surface area (Å²) in [6.45, 7) is 0.0780. The first kappa shape index (κ1) is 19.4. The highest BCUT2D eigenvalue weighted by atomic mass is 35.5. The van der Waals surface area contributed by atoms with Crippen molar-refractivity contribution in [2.75, 3.05) is 11.9 Å². The Bertz CT molecular complexity index is 1160. The number of benzene rings is 3. The number of fused-ring (bicyclic) bond motifs is 3. The Kier molecular flexibility index (Phi) is 5.04. The van der Waals surface area contributed by atoms with Crippen molar-refractivity contribution in [3.05, 3.63) is 82.9 Å². The Morgan fingerprint density at radius 2 is 1.59 bits per heavy atom. The van der Waals surface area contributed by atoms with E-state index in [4.69, 9.17) is 16.3 Å². The van der Waals surface area contributed by atoms with Crippen molar-refractivity contribution in [3.63, 3.8) is 0 Å². The Balaban J connectivity index is 1.53. The molecule has 0 aromatic heterocycles. The van der Waals surface area contributed by atoms with Gasteiger partial charge in [0.1, 0.15) is 11.5 Å². The molecule has 0 aliphatic heterocycles. The Labute approximate surface area is 172 Å². The van der Waals surface area contributed by atoms with E-state index >= 15 is 0 Å². The second-order valence-corrected chi connectivity index (χ2v) is 8.39. The molecule has 0 bridgehead atoms. The molecule has 2 N–H and O–H groups in total. The van der Waals surface area contributed by atoms with Crippen LogP contribution in [0.1, 0.15) is 17.0 Å². The molecule has 0 saturated carbocycles. The molecule has 8 heteroatoms. The first-order valence-corrected chi connectivity index (χ1v) is 10.6. The second-order valence-electron chi connectivity index (χ2n) is 6.57. The zero-order valence-electron chi connectivity index (χ0n) is 15.0. The van der Waals surface area contributed by atoms with Gasteiger partial charge in [-0.25, -0.2) is 4.79 Å². The Morgan fingerprint density at radius 3 is 2.17 bits per heavy atom. The lowest BCUT2D eigenvalue weighted by molar-refractivity contribution is 0.158. The predicted molar refractivity (Wildman–Crippen MR) is 110 cm³/mol. The van der Waals surface area contributed by atoms with Crippen LogP contribution in [0.2, 0.25) is 5.02 Å². The number of hydrogen-bond acceptors (Lipinski definition) is 4. The molecular weight excluding hydrogens is 414 g/mol. The van der Waals surface area contributed by atoms with Crippen LogP contribution in [0.15, 0.2) is 71.6 Å². The molecule has 6 nitrogen and oxygen atoms in total. The number of carbonyl (C=O) groups excluding carboxylic acids is 1. The fourth-order valence-electron chi connectivity index (χ4n) is 3.56. The molecule has 3 aromatic rings. The number of rotatable bonds is 4. The minimum absolute atomic E-state index is 0.0780. The molecule has 3 aromatic carbocycles. The van der Waals surface area contributed by atoms with Crippen molar-refractivity contribution >= 4 is 33.5 Å². The van der Waals surface area contributed by atoms with Crippen LogP contribution in [0, 0.1) is 0 Å². The summed E-state index contributed by atoms with van der Waals surface area (Å²) < 4.78 is 37.8. The molecule has 4 rings (SSSR count). The smallest absolute Gasteiger partial charge is 0.411 e.